The second-order valence-electron chi connectivity index (χ2n) is 7.74. The second-order valence-corrected chi connectivity index (χ2v) is 8.05. The summed E-state index contributed by atoms with van der Waals surface area (Å²) >= 11 is 6.20. The largest absolute Gasteiger partial charge is 0.507 e. The number of halogens is 1. The minimum absolute atomic E-state index is 0.0155. The average Bonchev–Trinajstić information content (AvgIpc) is 3.06. The Labute approximate surface area is 176 Å². The molecule has 29 heavy (non-hydrogen) atoms. The highest BCUT2D eigenvalue weighted by molar-refractivity contribution is 6.19. The van der Waals surface area contributed by atoms with Gasteiger partial charge in [0.1, 0.15) is 5.75 Å². The molecular formula is C22H28ClN3O3. The van der Waals surface area contributed by atoms with Crippen molar-refractivity contribution in [1.29, 1.82) is 0 Å². The first-order valence-corrected chi connectivity index (χ1v) is 10.5. The fourth-order valence-corrected chi connectivity index (χ4v) is 4.13. The number of aromatic hydroxyl groups is 1. The molecule has 1 aliphatic rings. The number of carbonyl (C=O) groups excluding carboxylic acids is 2. The molecule has 156 valence electrons. The van der Waals surface area contributed by atoms with Crippen LogP contribution in [0.1, 0.15) is 30.7 Å². The molecule has 0 fully saturated rings. The van der Waals surface area contributed by atoms with Crippen molar-refractivity contribution in [2.24, 2.45) is 0 Å². The van der Waals surface area contributed by atoms with Gasteiger partial charge in [0.15, 0.2) is 0 Å². The molecule has 0 bridgehead atoms. The van der Waals surface area contributed by atoms with E-state index in [1.807, 2.05) is 43.3 Å². The minimum atomic E-state index is -0.0814. The SMILES string of the molecule is CN(C)CCCC(=O)NCCC(=O)N1C[C@@H](CCl)c2c1cc(O)c1ccccc21. The molecule has 1 heterocycles. The Bertz CT molecular complexity index is 900. The standard InChI is InChI=1S/C22H28ClN3O3/c1-25(2)11-5-8-20(28)24-10-9-21(29)26-14-15(13-23)22-17-7-4-3-6-16(17)19(27)12-18(22)26/h3-4,6-7,12,15,27H,5,8-11,13-14H2,1-2H3,(H,24,28)/t15-/m1/s1. The van der Waals surface area contributed by atoms with E-state index in [9.17, 15) is 14.7 Å². The summed E-state index contributed by atoms with van der Waals surface area (Å²) in [5.74, 6) is 0.447. The van der Waals surface area contributed by atoms with E-state index in [4.69, 9.17) is 11.6 Å². The molecule has 0 saturated heterocycles. The van der Waals surface area contributed by atoms with Gasteiger partial charge < -0.3 is 20.2 Å². The van der Waals surface area contributed by atoms with Crippen molar-refractivity contribution >= 4 is 39.9 Å². The number of alkyl halides is 1. The summed E-state index contributed by atoms with van der Waals surface area (Å²) in [6.07, 6.45) is 1.45. The third-order valence-corrected chi connectivity index (χ3v) is 5.67. The first-order valence-electron chi connectivity index (χ1n) is 9.94. The van der Waals surface area contributed by atoms with Gasteiger partial charge in [-0.05, 0) is 38.0 Å². The van der Waals surface area contributed by atoms with Crippen molar-refractivity contribution < 1.29 is 14.7 Å². The summed E-state index contributed by atoms with van der Waals surface area (Å²) in [7, 11) is 3.94. The number of fused-ring (bicyclic) bond motifs is 3. The maximum absolute atomic E-state index is 12.8. The fraction of sp³-hybridized carbons (Fsp3) is 0.455. The van der Waals surface area contributed by atoms with Gasteiger partial charge in [0.25, 0.3) is 0 Å². The van der Waals surface area contributed by atoms with Crippen LogP contribution in [-0.4, -0.2) is 61.4 Å². The van der Waals surface area contributed by atoms with E-state index in [0.717, 1.165) is 29.3 Å². The maximum Gasteiger partial charge on any atom is 0.228 e. The van der Waals surface area contributed by atoms with Gasteiger partial charge in [-0.1, -0.05) is 24.3 Å². The van der Waals surface area contributed by atoms with E-state index in [2.05, 4.69) is 5.32 Å². The predicted molar refractivity (Wildman–Crippen MR) is 117 cm³/mol. The maximum atomic E-state index is 12.8. The molecule has 1 atom stereocenters. The van der Waals surface area contributed by atoms with Gasteiger partial charge in [-0.15, -0.1) is 11.6 Å². The first-order chi connectivity index (χ1) is 13.9. The van der Waals surface area contributed by atoms with Crippen LogP contribution < -0.4 is 10.2 Å². The molecule has 0 aliphatic carbocycles. The van der Waals surface area contributed by atoms with E-state index >= 15 is 0 Å². The monoisotopic (exact) mass is 417 g/mol. The Morgan fingerprint density at radius 3 is 2.66 bits per heavy atom. The van der Waals surface area contributed by atoms with E-state index < -0.39 is 0 Å². The quantitative estimate of drug-likeness (QED) is 0.647. The van der Waals surface area contributed by atoms with Crippen LogP contribution in [0.15, 0.2) is 30.3 Å². The van der Waals surface area contributed by atoms with Crippen LogP contribution in [0.4, 0.5) is 5.69 Å². The lowest BCUT2D eigenvalue weighted by Gasteiger charge is -2.18. The molecule has 0 radical (unpaired) electrons. The zero-order valence-corrected chi connectivity index (χ0v) is 17.7. The number of hydrogen-bond acceptors (Lipinski definition) is 4. The first kappa shape index (κ1) is 21.4. The van der Waals surface area contributed by atoms with Crippen molar-refractivity contribution in [3.05, 3.63) is 35.9 Å². The van der Waals surface area contributed by atoms with E-state index in [0.29, 0.717) is 31.1 Å². The van der Waals surface area contributed by atoms with Crippen LogP contribution in [0.25, 0.3) is 10.8 Å². The average molecular weight is 418 g/mol. The van der Waals surface area contributed by atoms with Crippen LogP contribution in [0.3, 0.4) is 0 Å². The number of carbonyl (C=O) groups is 2. The summed E-state index contributed by atoms with van der Waals surface area (Å²) < 4.78 is 0. The molecule has 0 spiro atoms. The van der Waals surface area contributed by atoms with Gasteiger partial charge in [-0.3, -0.25) is 9.59 Å². The molecule has 3 rings (SSSR count). The van der Waals surface area contributed by atoms with Crippen molar-refractivity contribution in [3.8, 4) is 5.75 Å². The number of amides is 2. The normalized spacial score (nSPS) is 15.7. The van der Waals surface area contributed by atoms with E-state index in [1.54, 1.807) is 11.0 Å². The molecule has 2 aromatic rings. The number of anilines is 1. The molecule has 0 saturated carbocycles. The third kappa shape index (κ3) is 4.82. The number of phenolic OH excluding ortho intramolecular Hbond substituents is 1. The Balaban J connectivity index is 1.67. The van der Waals surface area contributed by atoms with Gasteiger partial charge in [0.2, 0.25) is 11.8 Å². The molecule has 2 aromatic carbocycles. The summed E-state index contributed by atoms with van der Waals surface area (Å²) in [5.41, 5.74) is 1.73. The predicted octanol–water partition coefficient (Wildman–Crippen LogP) is 3.06. The van der Waals surface area contributed by atoms with Crippen molar-refractivity contribution in [3.63, 3.8) is 0 Å². The number of phenols is 1. The smallest absolute Gasteiger partial charge is 0.228 e. The van der Waals surface area contributed by atoms with Crippen molar-refractivity contribution in [2.45, 2.75) is 25.2 Å². The van der Waals surface area contributed by atoms with E-state index in [1.165, 1.54) is 0 Å². The molecule has 1 aliphatic heterocycles. The lowest BCUT2D eigenvalue weighted by Crippen LogP contribution is -2.34. The number of hydrogen-bond donors (Lipinski definition) is 2. The fourth-order valence-electron chi connectivity index (χ4n) is 3.88. The zero-order chi connectivity index (χ0) is 21.0. The lowest BCUT2D eigenvalue weighted by molar-refractivity contribution is -0.121. The molecule has 2 amide bonds. The molecule has 0 unspecified atom stereocenters. The third-order valence-electron chi connectivity index (χ3n) is 5.30. The van der Waals surface area contributed by atoms with E-state index in [-0.39, 0.29) is 29.9 Å². The van der Waals surface area contributed by atoms with Crippen LogP contribution in [0.2, 0.25) is 0 Å². The highest BCUT2D eigenvalue weighted by atomic mass is 35.5. The summed E-state index contributed by atoms with van der Waals surface area (Å²) in [5, 5.41) is 14.9. The van der Waals surface area contributed by atoms with Crippen LogP contribution in [-0.2, 0) is 9.59 Å². The molecule has 6 nitrogen and oxygen atoms in total. The Kier molecular flexibility index (Phi) is 6.98. The second kappa shape index (κ2) is 9.46. The number of nitrogens with one attached hydrogen (secondary N) is 1. The Morgan fingerprint density at radius 2 is 1.97 bits per heavy atom. The van der Waals surface area contributed by atoms with Crippen molar-refractivity contribution in [2.75, 3.05) is 44.5 Å². The van der Waals surface area contributed by atoms with Gasteiger partial charge in [0.05, 0.1) is 5.69 Å². The highest BCUT2D eigenvalue weighted by Crippen LogP contribution is 2.45. The minimum Gasteiger partial charge on any atom is -0.507 e. The molecular weight excluding hydrogens is 390 g/mol. The molecule has 0 aromatic heterocycles. The van der Waals surface area contributed by atoms with Gasteiger partial charge in [-0.25, -0.2) is 0 Å². The van der Waals surface area contributed by atoms with Crippen LogP contribution in [0.5, 0.6) is 5.75 Å². The van der Waals surface area contributed by atoms with Gasteiger partial charge >= 0.3 is 0 Å². The van der Waals surface area contributed by atoms with Gasteiger partial charge in [-0.2, -0.15) is 0 Å². The number of nitrogens with zero attached hydrogens (tertiary/aromatic N) is 2. The van der Waals surface area contributed by atoms with Crippen LogP contribution in [0, 0.1) is 0 Å². The summed E-state index contributed by atoms with van der Waals surface area (Å²) in [6.45, 7) is 1.65. The number of rotatable bonds is 8. The summed E-state index contributed by atoms with van der Waals surface area (Å²) in [4.78, 5) is 28.5. The molecule has 7 heteroatoms. The topological polar surface area (TPSA) is 72.9 Å². The molecule has 2 N–H and O–H groups in total. The van der Waals surface area contributed by atoms with Gasteiger partial charge in [0, 0.05) is 49.2 Å². The van der Waals surface area contributed by atoms with Crippen LogP contribution >= 0.6 is 11.6 Å². The zero-order valence-electron chi connectivity index (χ0n) is 16.9. The highest BCUT2D eigenvalue weighted by Gasteiger charge is 2.34. The Morgan fingerprint density at radius 1 is 1.24 bits per heavy atom. The van der Waals surface area contributed by atoms with Crippen molar-refractivity contribution in [1.82, 2.24) is 10.2 Å². The Hall–Kier alpha value is -2.31. The summed E-state index contributed by atoms with van der Waals surface area (Å²) in [6, 6.07) is 9.27. The number of benzene rings is 2. The lowest BCUT2D eigenvalue weighted by atomic mass is 9.95.